The van der Waals surface area contributed by atoms with Gasteiger partial charge in [-0.05, 0) is 61.2 Å². The molecule has 1 saturated carbocycles. The summed E-state index contributed by atoms with van der Waals surface area (Å²) in [4.78, 5) is 43.6. The van der Waals surface area contributed by atoms with Crippen molar-refractivity contribution in [2.24, 2.45) is 11.8 Å². The fourth-order valence-electron chi connectivity index (χ4n) is 7.22. The normalized spacial score (nSPS) is 27.6. The number of carbonyl (C=O) groups excluding carboxylic acids is 3. The van der Waals surface area contributed by atoms with Crippen molar-refractivity contribution in [1.82, 2.24) is 10.2 Å². The lowest BCUT2D eigenvalue weighted by Crippen LogP contribution is -2.56. The largest absolute Gasteiger partial charge is 0.497 e. The van der Waals surface area contributed by atoms with Crippen molar-refractivity contribution >= 4 is 23.4 Å². The minimum absolute atomic E-state index is 0.0660. The molecule has 3 aliphatic heterocycles. The average molecular weight is 590 g/mol. The smallest absolute Gasteiger partial charge is 0.246 e. The monoisotopic (exact) mass is 589 g/mol. The van der Waals surface area contributed by atoms with E-state index < -0.39 is 29.6 Å². The lowest BCUT2D eigenvalue weighted by atomic mass is 9.74. The number of hydrogen-bond donors (Lipinski definition) is 2. The molecule has 2 N–H and O–H groups in total. The van der Waals surface area contributed by atoms with E-state index in [4.69, 9.17) is 18.9 Å². The van der Waals surface area contributed by atoms with Crippen LogP contribution in [0.15, 0.2) is 54.6 Å². The first kappa shape index (κ1) is 29.0. The number of rotatable bonds is 10. The highest BCUT2D eigenvalue weighted by molar-refractivity contribution is 6.02. The Hall–Kier alpha value is -4.05. The van der Waals surface area contributed by atoms with E-state index in [0.29, 0.717) is 29.4 Å². The predicted octanol–water partition coefficient (Wildman–Crippen LogP) is 3.49. The first-order valence-electron chi connectivity index (χ1n) is 15.0. The molecule has 2 bridgehead atoms. The van der Waals surface area contributed by atoms with Crippen LogP contribution in [0, 0.1) is 11.8 Å². The highest BCUT2D eigenvalue weighted by atomic mass is 16.5. The first-order valence-corrected chi connectivity index (χ1v) is 15.0. The molecule has 43 heavy (non-hydrogen) atoms. The third-order valence-electron chi connectivity index (χ3n) is 9.32. The summed E-state index contributed by atoms with van der Waals surface area (Å²) in [7, 11) is 4.74. The van der Waals surface area contributed by atoms with Crippen molar-refractivity contribution in [1.29, 1.82) is 0 Å². The highest BCUT2D eigenvalue weighted by Gasteiger charge is 2.72. The van der Waals surface area contributed by atoms with Gasteiger partial charge in [0.25, 0.3) is 0 Å². The molecule has 3 amide bonds. The van der Waals surface area contributed by atoms with Gasteiger partial charge in [0, 0.05) is 18.3 Å². The van der Waals surface area contributed by atoms with Crippen LogP contribution in [0.4, 0.5) is 5.69 Å². The SMILES string of the molecule is COc1ccc(NC(=O)[C@H]2[C@@H]3C=C[C@]4(O3)[C@@H]2C(=O)N(CCc2ccc(OC)c(OC)c2)[C@@H]4C(=O)NC2CCCCC2)cc1. The maximum Gasteiger partial charge on any atom is 0.246 e. The van der Waals surface area contributed by atoms with Crippen LogP contribution in [0.2, 0.25) is 0 Å². The van der Waals surface area contributed by atoms with Gasteiger partial charge in [-0.2, -0.15) is 0 Å². The summed E-state index contributed by atoms with van der Waals surface area (Å²) in [5, 5.41) is 6.18. The van der Waals surface area contributed by atoms with E-state index in [9.17, 15) is 14.4 Å². The number of amides is 3. The van der Waals surface area contributed by atoms with Crippen LogP contribution in [-0.4, -0.2) is 74.3 Å². The molecule has 2 saturated heterocycles. The number of nitrogens with zero attached hydrogens (tertiary/aromatic N) is 1. The Bertz CT molecular complexity index is 1400. The van der Waals surface area contributed by atoms with Crippen LogP contribution in [0.25, 0.3) is 0 Å². The zero-order valence-electron chi connectivity index (χ0n) is 24.8. The van der Waals surface area contributed by atoms with Gasteiger partial charge in [0.2, 0.25) is 17.7 Å². The number of fused-ring (bicyclic) bond motifs is 1. The Kier molecular flexibility index (Phi) is 8.05. The highest BCUT2D eigenvalue weighted by Crippen LogP contribution is 2.55. The van der Waals surface area contributed by atoms with E-state index in [2.05, 4.69) is 10.6 Å². The summed E-state index contributed by atoms with van der Waals surface area (Å²) in [6, 6.07) is 11.8. The molecule has 1 spiro atoms. The van der Waals surface area contributed by atoms with Crippen molar-refractivity contribution in [3.05, 3.63) is 60.2 Å². The van der Waals surface area contributed by atoms with Gasteiger partial charge >= 0.3 is 0 Å². The zero-order valence-corrected chi connectivity index (χ0v) is 24.8. The molecular formula is C33H39N3O7. The van der Waals surface area contributed by atoms with Crippen LogP contribution < -0.4 is 24.8 Å². The molecule has 3 fully saturated rings. The van der Waals surface area contributed by atoms with Crippen LogP contribution >= 0.6 is 0 Å². The third-order valence-corrected chi connectivity index (χ3v) is 9.32. The summed E-state index contributed by atoms with van der Waals surface area (Å²) in [6.07, 6.45) is 8.70. The maximum absolute atomic E-state index is 14.3. The fraction of sp³-hybridized carbons (Fsp3) is 0.485. The zero-order chi connectivity index (χ0) is 30.1. The molecule has 0 unspecified atom stereocenters. The number of benzene rings is 2. The lowest BCUT2D eigenvalue weighted by molar-refractivity contribution is -0.141. The van der Waals surface area contributed by atoms with Crippen LogP contribution in [-0.2, 0) is 25.5 Å². The van der Waals surface area contributed by atoms with Gasteiger partial charge in [-0.1, -0.05) is 37.5 Å². The summed E-state index contributed by atoms with van der Waals surface area (Å²) in [6.45, 7) is 0.282. The molecule has 3 heterocycles. The Balaban J connectivity index is 1.28. The van der Waals surface area contributed by atoms with Crippen molar-refractivity contribution in [2.75, 3.05) is 33.2 Å². The average Bonchev–Trinajstić information content (AvgIpc) is 3.67. The second-order valence-electron chi connectivity index (χ2n) is 11.7. The summed E-state index contributed by atoms with van der Waals surface area (Å²) in [5.74, 6) is -0.483. The van der Waals surface area contributed by atoms with Crippen LogP contribution in [0.1, 0.15) is 37.7 Å². The van der Waals surface area contributed by atoms with E-state index in [0.717, 1.165) is 37.7 Å². The molecule has 10 heteroatoms. The molecule has 2 aromatic carbocycles. The Morgan fingerprint density at radius 2 is 1.70 bits per heavy atom. The Labute approximate surface area is 251 Å². The minimum Gasteiger partial charge on any atom is -0.497 e. The maximum atomic E-state index is 14.3. The molecule has 0 radical (unpaired) electrons. The number of methoxy groups -OCH3 is 3. The molecule has 228 valence electrons. The fourth-order valence-corrected chi connectivity index (χ4v) is 7.22. The molecule has 10 nitrogen and oxygen atoms in total. The topological polar surface area (TPSA) is 115 Å². The number of anilines is 1. The van der Waals surface area contributed by atoms with Crippen molar-refractivity contribution in [3.8, 4) is 17.2 Å². The predicted molar refractivity (Wildman–Crippen MR) is 159 cm³/mol. The van der Waals surface area contributed by atoms with Crippen LogP contribution in [0.3, 0.4) is 0 Å². The van der Waals surface area contributed by atoms with E-state index in [1.165, 1.54) is 0 Å². The summed E-state index contributed by atoms with van der Waals surface area (Å²) in [5.41, 5.74) is 0.315. The second-order valence-corrected chi connectivity index (χ2v) is 11.7. The van der Waals surface area contributed by atoms with Crippen molar-refractivity contribution in [2.45, 2.75) is 62.3 Å². The van der Waals surface area contributed by atoms with E-state index in [1.54, 1.807) is 50.5 Å². The van der Waals surface area contributed by atoms with E-state index in [1.807, 2.05) is 30.4 Å². The van der Waals surface area contributed by atoms with Gasteiger partial charge in [-0.3, -0.25) is 14.4 Å². The second kappa shape index (κ2) is 11.9. The van der Waals surface area contributed by atoms with Crippen LogP contribution in [0.5, 0.6) is 17.2 Å². The molecule has 5 atom stereocenters. The van der Waals surface area contributed by atoms with Gasteiger partial charge in [-0.15, -0.1) is 0 Å². The quantitative estimate of drug-likeness (QED) is 0.408. The number of hydrogen-bond acceptors (Lipinski definition) is 7. The van der Waals surface area contributed by atoms with E-state index >= 15 is 0 Å². The van der Waals surface area contributed by atoms with Crippen molar-refractivity contribution in [3.63, 3.8) is 0 Å². The van der Waals surface area contributed by atoms with Gasteiger partial charge in [0.1, 0.15) is 17.4 Å². The molecule has 4 aliphatic rings. The number of nitrogens with one attached hydrogen (secondary N) is 2. The van der Waals surface area contributed by atoms with Gasteiger partial charge in [0.15, 0.2) is 11.5 Å². The Morgan fingerprint density at radius 3 is 2.40 bits per heavy atom. The third kappa shape index (κ3) is 5.22. The summed E-state index contributed by atoms with van der Waals surface area (Å²) < 4.78 is 22.5. The molecule has 2 aromatic rings. The van der Waals surface area contributed by atoms with Crippen molar-refractivity contribution < 1.29 is 33.3 Å². The number of likely N-dealkylation sites (tertiary alicyclic amines) is 1. The minimum atomic E-state index is -1.21. The first-order chi connectivity index (χ1) is 20.9. The molecular weight excluding hydrogens is 550 g/mol. The molecule has 6 rings (SSSR count). The standard InChI is InChI=1S/C33H39N3O7/c1-40-23-12-10-22(11-13-23)34-30(37)27-25-15-17-33(43-25)28(27)32(39)36(29(33)31(38)35-21-7-5-4-6-8-21)18-16-20-9-14-24(41-2)26(19-20)42-3/h9-15,17,19,21,25,27-29H,4-8,16,18H2,1-3H3,(H,34,37)(H,35,38)/t25-,27-,28-,29+,33-/m0/s1. The van der Waals surface area contributed by atoms with Gasteiger partial charge in [-0.25, -0.2) is 0 Å². The van der Waals surface area contributed by atoms with Gasteiger partial charge < -0.3 is 34.5 Å². The van der Waals surface area contributed by atoms with Gasteiger partial charge in [0.05, 0.1) is 39.3 Å². The lowest BCUT2D eigenvalue weighted by Gasteiger charge is -2.34. The summed E-state index contributed by atoms with van der Waals surface area (Å²) >= 11 is 0. The Morgan fingerprint density at radius 1 is 0.953 bits per heavy atom. The number of carbonyl (C=O) groups is 3. The molecule has 0 aromatic heterocycles. The molecule has 1 aliphatic carbocycles. The van der Waals surface area contributed by atoms with E-state index in [-0.39, 0.29) is 30.3 Å². The number of ether oxygens (including phenoxy) is 4.